The van der Waals surface area contributed by atoms with Crippen molar-refractivity contribution in [2.45, 2.75) is 38.1 Å². The Kier molecular flexibility index (Phi) is 3.97. The molecule has 0 bridgehead atoms. The maximum absolute atomic E-state index is 4.72. The Morgan fingerprint density at radius 2 is 1.74 bits per heavy atom. The number of rotatable bonds is 3. The number of hydrogen-bond donors (Lipinski definition) is 0. The Morgan fingerprint density at radius 1 is 0.913 bits per heavy atom. The summed E-state index contributed by atoms with van der Waals surface area (Å²) >= 11 is 0. The third-order valence-corrected chi connectivity index (χ3v) is 4.85. The smallest absolute Gasteiger partial charge is 0.0708 e. The van der Waals surface area contributed by atoms with E-state index in [1.165, 1.54) is 48.4 Å². The van der Waals surface area contributed by atoms with Crippen LogP contribution in [0.15, 0.2) is 65.9 Å². The Morgan fingerprint density at radius 3 is 2.65 bits per heavy atom. The Hall–Kier alpha value is -2.35. The minimum atomic E-state index is 0.684. The van der Waals surface area contributed by atoms with Gasteiger partial charge in [-0.1, -0.05) is 55.7 Å². The highest BCUT2D eigenvalue weighted by molar-refractivity contribution is 5.95. The maximum atomic E-state index is 4.72. The van der Waals surface area contributed by atoms with Crippen molar-refractivity contribution < 1.29 is 0 Å². The molecule has 0 amide bonds. The summed E-state index contributed by atoms with van der Waals surface area (Å²) in [6.45, 7) is 0. The first-order valence-electron chi connectivity index (χ1n) is 8.59. The lowest BCUT2D eigenvalue weighted by Crippen LogP contribution is -2.10. The largest absolute Gasteiger partial charge is 0.351 e. The normalized spacial score (nSPS) is 16.3. The summed E-state index contributed by atoms with van der Waals surface area (Å²) in [7, 11) is 0. The molecule has 1 saturated carbocycles. The van der Waals surface area contributed by atoms with Gasteiger partial charge in [-0.15, -0.1) is 0 Å². The number of hydrogen-bond acceptors (Lipinski definition) is 1. The van der Waals surface area contributed by atoms with E-state index >= 15 is 0 Å². The molecule has 0 atom stereocenters. The van der Waals surface area contributed by atoms with Crippen LogP contribution in [-0.4, -0.2) is 10.8 Å². The second-order valence-electron chi connectivity index (χ2n) is 6.44. The summed E-state index contributed by atoms with van der Waals surface area (Å²) < 4.78 is 2.38. The topological polar surface area (TPSA) is 17.3 Å². The van der Waals surface area contributed by atoms with E-state index in [1.807, 2.05) is 6.21 Å². The predicted molar refractivity (Wildman–Crippen MR) is 97.8 cm³/mol. The van der Waals surface area contributed by atoms with E-state index in [4.69, 9.17) is 4.99 Å². The van der Waals surface area contributed by atoms with Gasteiger partial charge < -0.3 is 4.57 Å². The van der Waals surface area contributed by atoms with E-state index in [-0.39, 0.29) is 0 Å². The molecule has 23 heavy (non-hydrogen) atoms. The molecule has 2 nitrogen and oxygen atoms in total. The highest BCUT2D eigenvalue weighted by Crippen LogP contribution is 2.29. The maximum Gasteiger partial charge on any atom is 0.0708 e. The summed E-state index contributed by atoms with van der Waals surface area (Å²) in [6.07, 6.45) is 13.2. The van der Waals surface area contributed by atoms with Crippen LogP contribution in [0, 0.1) is 0 Å². The van der Waals surface area contributed by atoms with Gasteiger partial charge in [0.25, 0.3) is 0 Å². The number of aromatic nitrogens is 1. The minimum Gasteiger partial charge on any atom is -0.351 e. The van der Waals surface area contributed by atoms with E-state index in [9.17, 15) is 0 Å². The molecule has 1 aromatic heterocycles. The molecule has 1 fully saturated rings. The fourth-order valence-electron chi connectivity index (χ4n) is 3.58. The van der Waals surface area contributed by atoms with Gasteiger partial charge >= 0.3 is 0 Å². The third-order valence-electron chi connectivity index (χ3n) is 4.85. The molecular weight excluding hydrogens is 280 g/mol. The van der Waals surface area contributed by atoms with E-state index in [0.29, 0.717) is 6.04 Å². The quantitative estimate of drug-likeness (QED) is 0.536. The van der Waals surface area contributed by atoms with Crippen molar-refractivity contribution in [3.8, 4) is 0 Å². The Labute approximate surface area is 137 Å². The number of aliphatic imine (C=N–C) groups is 1. The molecule has 2 aromatic carbocycles. The van der Waals surface area contributed by atoms with E-state index in [1.54, 1.807) is 0 Å². The summed E-state index contributed by atoms with van der Waals surface area (Å²) in [4.78, 5) is 4.72. The van der Waals surface area contributed by atoms with Crippen molar-refractivity contribution in [1.82, 2.24) is 4.57 Å². The average Bonchev–Trinajstić information content (AvgIpc) is 3.10. The van der Waals surface area contributed by atoms with Gasteiger partial charge in [-0.25, -0.2) is 0 Å². The zero-order valence-corrected chi connectivity index (χ0v) is 13.4. The summed E-state index contributed by atoms with van der Waals surface area (Å²) in [5.41, 5.74) is 2.22. The van der Waals surface area contributed by atoms with Gasteiger partial charge in [-0.05, 0) is 30.4 Å². The van der Waals surface area contributed by atoms with Gasteiger partial charge in [0.1, 0.15) is 0 Å². The third kappa shape index (κ3) is 3.07. The summed E-state index contributed by atoms with van der Waals surface area (Å²) in [5, 5.41) is 2.44. The molecule has 2 heteroatoms. The molecule has 0 saturated heterocycles. The number of fused-ring (bicyclic) bond motifs is 1. The van der Waals surface area contributed by atoms with Crippen LogP contribution in [0.4, 0.5) is 5.69 Å². The molecule has 0 spiro atoms. The molecule has 0 aliphatic heterocycles. The van der Waals surface area contributed by atoms with Gasteiger partial charge in [0.05, 0.1) is 5.69 Å². The molecule has 0 radical (unpaired) electrons. The van der Waals surface area contributed by atoms with Crippen molar-refractivity contribution in [3.63, 3.8) is 0 Å². The van der Waals surface area contributed by atoms with Crippen molar-refractivity contribution in [2.24, 2.45) is 4.99 Å². The minimum absolute atomic E-state index is 0.684. The molecule has 1 aliphatic carbocycles. The Bertz CT molecular complexity index is 817. The van der Waals surface area contributed by atoms with Crippen LogP contribution in [0.5, 0.6) is 0 Å². The molecule has 0 N–H and O–H groups in total. The molecule has 1 heterocycles. The molecule has 3 aromatic rings. The average molecular weight is 302 g/mol. The summed E-state index contributed by atoms with van der Waals surface area (Å²) in [5.74, 6) is 0. The second-order valence-corrected chi connectivity index (χ2v) is 6.44. The van der Waals surface area contributed by atoms with Crippen LogP contribution in [0.1, 0.15) is 43.7 Å². The van der Waals surface area contributed by atoms with Gasteiger partial charge in [-0.3, -0.25) is 4.99 Å². The van der Waals surface area contributed by atoms with Crippen LogP contribution in [0.2, 0.25) is 0 Å². The van der Waals surface area contributed by atoms with E-state index < -0.39 is 0 Å². The molecule has 1 aliphatic rings. The second kappa shape index (κ2) is 6.41. The highest BCUT2D eigenvalue weighted by Gasteiger charge is 2.14. The van der Waals surface area contributed by atoms with E-state index in [0.717, 1.165) is 5.69 Å². The van der Waals surface area contributed by atoms with Crippen LogP contribution >= 0.6 is 0 Å². The molecule has 0 unspecified atom stereocenters. The first kappa shape index (κ1) is 14.3. The number of benzene rings is 2. The standard InChI is InChI=1S/C21H22N2/c1-2-9-19(10-3-1)23-14-13-17(16-23)15-22-21-12-6-8-18-7-4-5-11-20(18)21/h4-8,11-16,19H,1-3,9-10H2. The van der Waals surface area contributed by atoms with Gasteiger partial charge in [0, 0.05) is 35.6 Å². The lowest BCUT2D eigenvalue weighted by Gasteiger charge is -2.23. The van der Waals surface area contributed by atoms with Crippen LogP contribution in [0.3, 0.4) is 0 Å². The van der Waals surface area contributed by atoms with Crippen molar-refractivity contribution in [3.05, 3.63) is 66.5 Å². The van der Waals surface area contributed by atoms with Crippen molar-refractivity contribution in [1.29, 1.82) is 0 Å². The highest BCUT2D eigenvalue weighted by atomic mass is 15.0. The van der Waals surface area contributed by atoms with Gasteiger partial charge in [0.15, 0.2) is 0 Å². The first-order valence-corrected chi connectivity index (χ1v) is 8.59. The molecular formula is C21H22N2. The lowest BCUT2D eigenvalue weighted by atomic mass is 9.95. The van der Waals surface area contributed by atoms with Gasteiger partial charge in [-0.2, -0.15) is 0 Å². The van der Waals surface area contributed by atoms with Crippen LogP contribution in [0.25, 0.3) is 10.8 Å². The lowest BCUT2D eigenvalue weighted by molar-refractivity contribution is 0.354. The predicted octanol–water partition coefficient (Wildman–Crippen LogP) is 5.90. The fourth-order valence-corrected chi connectivity index (χ4v) is 3.58. The van der Waals surface area contributed by atoms with Gasteiger partial charge in [0.2, 0.25) is 0 Å². The summed E-state index contributed by atoms with van der Waals surface area (Å²) in [6, 6.07) is 17.5. The SMILES string of the molecule is C(=Nc1cccc2ccccc12)c1ccn(C2CCCCC2)c1. The fraction of sp³-hybridized carbons (Fsp3) is 0.286. The zero-order valence-electron chi connectivity index (χ0n) is 13.4. The zero-order chi connectivity index (χ0) is 15.5. The molecule has 4 rings (SSSR count). The van der Waals surface area contributed by atoms with Crippen LogP contribution in [-0.2, 0) is 0 Å². The van der Waals surface area contributed by atoms with E-state index in [2.05, 4.69) is 65.5 Å². The van der Waals surface area contributed by atoms with Crippen molar-refractivity contribution in [2.75, 3.05) is 0 Å². The number of nitrogens with zero attached hydrogens (tertiary/aromatic N) is 2. The van der Waals surface area contributed by atoms with Crippen LogP contribution < -0.4 is 0 Å². The van der Waals surface area contributed by atoms with Crippen molar-refractivity contribution >= 4 is 22.7 Å². The molecule has 116 valence electrons. The first-order chi connectivity index (χ1) is 11.4. The monoisotopic (exact) mass is 302 g/mol. The Balaban J connectivity index is 1.57.